The summed E-state index contributed by atoms with van der Waals surface area (Å²) in [5, 5.41) is 0. The molecule has 0 aliphatic heterocycles. The fourth-order valence-electron chi connectivity index (χ4n) is 1.65. The fraction of sp³-hybridized carbons (Fsp3) is 0.0667. The van der Waals surface area contributed by atoms with Crippen LogP contribution in [0.2, 0.25) is 0 Å². The van der Waals surface area contributed by atoms with Crippen molar-refractivity contribution in [1.29, 1.82) is 0 Å². The minimum atomic E-state index is 0.505. The maximum absolute atomic E-state index is 5.55. The van der Waals surface area contributed by atoms with Crippen molar-refractivity contribution in [2.45, 2.75) is 0 Å². The Morgan fingerprint density at radius 3 is 2.00 bits per heavy atom. The van der Waals surface area contributed by atoms with Gasteiger partial charge >= 0.3 is 0 Å². The smallest absolute Gasteiger partial charge is 0.0178 e. The van der Waals surface area contributed by atoms with Crippen LogP contribution >= 0.6 is 0 Å². The molecule has 16 heavy (non-hydrogen) atoms. The Hall–Kier alpha value is -1.86. The van der Waals surface area contributed by atoms with Crippen LogP contribution in [0.5, 0.6) is 0 Å². The van der Waals surface area contributed by atoms with Crippen molar-refractivity contribution < 1.29 is 0 Å². The van der Waals surface area contributed by atoms with Crippen molar-refractivity contribution in [1.82, 2.24) is 0 Å². The van der Waals surface area contributed by atoms with Crippen molar-refractivity contribution in [3.05, 3.63) is 66.7 Å². The molecule has 0 saturated heterocycles. The maximum Gasteiger partial charge on any atom is 0.0178 e. The second kappa shape index (κ2) is 4.77. The monoisotopic (exact) mass is 209 g/mol. The van der Waals surface area contributed by atoms with Crippen LogP contribution in [0.15, 0.2) is 61.2 Å². The number of benzene rings is 2. The summed E-state index contributed by atoms with van der Waals surface area (Å²) in [4.78, 5) is 0. The molecule has 0 fully saturated rings. The first kappa shape index (κ1) is 10.7. The van der Waals surface area contributed by atoms with Crippen LogP contribution in [0.4, 0.5) is 0 Å². The Labute approximate surface area is 96.2 Å². The van der Waals surface area contributed by atoms with Gasteiger partial charge in [-0.05, 0) is 22.3 Å². The van der Waals surface area contributed by atoms with E-state index in [1.165, 1.54) is 11.1 Å². The zero-order chi connectivity index (χ0) is 11.4. The summed E-state index contributed by atoms with van der Waals surface area (Å²) >= 11 is 0. The minimum Gasteiger partial charge on any atom is -0.326 e. The molecule has 2 N–H and O–H groups in total. The van der Waals surface area contributed by atoms with Crippen LogP contribution in [0.25, 0.3) is 16.7 Å². The Morgan fingerprint density at radius 1 is 0.875 bits per heavy atom. The van der Waals surface area contributed by atoms with E-state index in [1.807, 2.05) is 18.2 Å². The third-order valence-corrected chi connectivity index (χ3v) is 2.65. The number of nitrogens with two attached hydrogens (primary N) is 1. The summed E-state index contributed by atoms with van der Waals surface area (Å²) in [6, 6.07) is 18.7. The van der Waals surface area contributed by atoms with Gasteiger partial charge in [0.15, 0.2) is 0 Å². The van der Waals surface area contributed by atoms with E-state index in [-0.39, 0.29) is 0 Å². The molecule has 1 nitrogen and oxygen atoms in total. The van der Waals surface area contributed by atoms with Gasteiger partial charge in [-0.15, -0.1) is 0 Å². The predicted octanol–water partition coefficient (Wildman–Crippen LogP) is 3.33. The van der Waals surface area contributed by atoms with Crippen LogP contribution in [0, 0.1) is 0 Å². The van der Waals surface area contributed by atoms with Gasteiger partial charge in [0.25, 0.3) is 0 Å². The molecule has 0 radical (unpaired) electrons. The summed E-state index contributed by atoms with van der Waals surface area (Å²) in [6.45, 7) is 4.43. The lowest BCUT2D eigenvalue weighted by Gasteiger charge is -2.05. The quantitative estimate of drug-likeness (QED) is 0.824. The number of rotatable bonds is 3. The van der Waals surface area contributed by atoms with Gasteiger partial charge in [-0.25, -0.2) is 0 Å². The highest BCUT2D eigenvalue weighted by Crippen LogP contribution is 2.21. The normalized spacial score (nSPS) is 10.1. The third kappa shape index (κ3) is 2.20. The average molecular weight is 209 g/mol. The van der Waals surface area contributed by atoms with Crippen molar-refractivity contribution >= 4 is 5.57 Å². The summed E-state index contributed by atoms with van der Waals surface area (Å²) in [5.74, 6) is 0. The third-order valence-electron chi connectivity index (χ3n) is 2.65. The van der Waals surface area contributed by atoms with E-state index in [9.17, 15) is 0 Å². The highest BCUT2D eigenvalue weighted by atomic mass is 14.5. The summed E-state index contributed by atoms with van der Waals surface area (Å²) < 4.78 is 0. The summed E-state index contributed by atoms with van der Waals surface area (Å²) in [6.07, 6.45) is 0. The first-order chi connectivity index (χ1) is 7.81. The predicted molar refractivity (Wildman–Crippen MR) is 70.0 cm³/mol. The zero-order valence-electron chi connectivity index (χ0n) is 9.19. The second-order valence-electron chi connectivity index (χ2n) is 3.75. The van der Waals surface area contributed by atoms with Crippen molar-refractivity contribution in [2.75, 3.05) is 6.54 Å². The van der Waals surface area contributed by atoms with Gasteiger partial charge in [-0.1, -0.05) is 61.2 Å². The van der Waals surface area contributed by atoms with Gasteiger partial charge in [0.2, 0.25) is 0 Å². The Bertz CT molecular complexity index is 469. The molecule has 1 heteroatoms. The highest BCUT2D eigenvalue weighted by Gasteiger charge is 1.98. The molecule has 0 heterocycles. The van der Waals surface area contributed by atoms with E-state index >= 15 is 0 Å². The van der Waals surface area contributed by atoms with Crippen LogP contribution in [0.3, 0.4) is 0 Å². The van der Waals surface area contributed by atoms with E-state index < -0.39 is 0 Å². The first-order valence-corrected chi connectivity index (χ1v) is 5.35. The fourth-order valence-corrected chi connectivity index (χ4v) is 1.65. The molecule has 2 aromatic rings. The molecule has 0 aliphatic carbocycles. The molecule has 80 valence electrons. The molecule has 0 spiro atoms. The van der Waals surface area contributed by atoms with E-state index in [0.717, 1.165) is 11.1 Å². The van der Waals surface area contributed by atoms with Crippen LogP contribution in [-0.4, -0.2) is 6.54 Å². The van der Waals surface area contributed by atoms with Crippen LogP contribution < -0.4 is 5.73 Å². The van der Waals surface area contributed by atoms with Gasteiger partial charge in [0.05, 0.1) is 0 Å². The number of hydrogen-bond acceptors (Lipinski definition) is 1. The maximum atomic E-state index is 5.55. The molecule has 0 saturated carbocycles. The largest absolute Gasteiger partial charge is 0.326 e. The average Bonchev–Trinajstić information content (AvgIpc) is 2.39. The standard InChI is InChI=1S/C15H15N/c1-12(11-16)13-7-9-15(10-8-13)14-5-3-2-4-6-14/h2-10H,1,11,16H2. The molecule has 0 amide bonds. The topological polar surface area (TPSA) is 26.0 Å². The van der Waals surface area contributed by atoms with E-state index in [1.54, 1.807) is 0 Å². The molecule has 2 rings (SSSR count). The second-order valence-corrected chi connectivity index (χ2v) is 3.75. The van der Waals surface area contributed by atoms with Crippen molar-refractivity contribution in [3.8, 4) is 11.1 Å². The Kier molecular flexibility index (Phi) is 3.18. The molecular weight excluding hydrogens is 194 g/mol. The van der Waals surface area contributed by atoms with Gasteiger partial charge < -0.3 is 5.73 Å². The molecular formula is C15H15N. The highest BCUT2D eigenvalue weighted by molar-refractivity contribution is 5.69. The SMILES string of the molecule is C=C(CN)c1ccc(-c2ccccc2)cc1. The molecule has 0 bridgehead atoms. The molecule has 0 aliphatic rings. The lowest BCUT2D eigenvalue weighted by Crippen LogP contribution is -2.00. The zero-order valence-corrected chi connectivity index (χ0v) is 9.19. The van der Waals surface area contributed by atoms with Gasteiger partial charge in [0.1, 0.15) is 0 Å². The molecule has 0 unspecified atom stereocenters. The Balaban J connectivity index is 2.30. The van der Waals surface area contributed by atoms with E-state index in [0.29, 0.717) is 6.54 Å². The first-order valence-electron chi connectivity index (χ1n) is 5.35. The van der Waals surface area contributed by atoms with Gasteiger partial charge in [-0.3, -0.25) is 0 Å². The minimum absolute atomic E-state index is 0.505. The lowest BCUT2D eigenvalue weighted by atomic mass is 10.0. The Morgan fingerprint density at radius 2 is 1.44 bits per heavy atom. The van der Waals surface area contributed by atoms with Crippen LogP contribution in [-0.2, 0) is 0 Å². The van der Waals surface area contributed by atoms with Crippen molar-refractivity contribution in [3.63, 3.8) is 0 Å². The van der Waals surface area contributed by atoms with Crippen molar-refractivity contribution in [2.24, 2.45) is 5.73 Å². The molecule has 0 aromatic heterocycles. The van der Waals surface area contributed by atoms with E-state index in [2.05, 4.69) is 43.0 Å². The van der Waals surface area contributed by atoms with E-state index in [4.69, 9.17) is 5.73 Å². The van der Waals surface area contributed by atoms with Gasteiger partial charge in [-0.2, -0.15) is 0 Å². The lowest BCUT2D eigenvalue weighted by molar-refractivity contribution is 1.27. The van der Waals surface area contributed by atoms with Gasteiger partial charge in [0, 0.05) is 6.54 Å². The summed E-state index contributed by atoms with van der Waals surface area (Å²) in [7, 11) is 0. The summed E-state index contributed by atoms with van der Waals surface area (Å²) in [5.41, 5.74) is 10.1. The number of hydrogen-bond donors (Lipinski definition) is 1. The van der Waals surface area contributed by atoms with Crippen LogP contribution in [0.1, 0.15) is 5.56 Å². The molecule has 2 aromatic carbocycles. The molecule has 0 atom stereocenters.